The van der Waals surface area contributed by atoms with E-state index in [-0.39, 0.29) is 11.9 Å². The van der Waals surface area contributed by atoms with Crippen LogP contribution in [0.3, 0.4) is 0 Å². The van der Waals surface area contributed by atoms with E-state index in [1.165, 1.54) is 30.2 Å². The second kappa shape index (κ2) is 12.0. The third-order valence-electron chi connectivity index (χ3n) is 6.50. The smallest absolute Gasteiger partial charge is 0.232 e. The van der Waals surface area contributed by atoms with E-state index in [1.807, 2.05) is 23.1 Å². The van der Waals surface area contributed by atoms with Crippen molar-refractivity contribution in [2.24, 2.45) is 4.99 Å². The molecule has 3 aliphatic heterocycles. The number of hydrogen-bond donors (Lipinski definition) is 3. The molecule has 1 aromatic carbocycles. The van der Waals surface area contributed by atoms with Crippen molar-refractivity contribution >= 4 is 35.3 Å². The first kappa shape index (κ1) is 25.5. The van der Waals surface area contributed by atoms with Crippen LogP contribution < -0.4 is 20.9 Å². The predicted molar refractivity (Wildman–Crippen MR) is 148 cm³/mol. The standard InChI is InChI=1S/C25H30FN11OS/c26-18-2-1-3-21(10-18)39-22-13-28-24(29-14-22)35-5-7-36(8-6-35)25-31-17-30-23(34-25)33-19-11-32-37(15-19)16-20-12-27-4-9-38-20/h1-3,10-11,13,15,17,20,27H,4-9,12,14,16H2,(H,28,29)(H,30,31,33,34)/t20-/m0/s1. The Bertz CT molecular complexity index is 1330. The minimum atomic E-state index is -0.234. The minimum absolute atomic E-state index is 0.112. The number of halogens is 1. The molecule has 2 saturated heterocycles. The summed E-state index contributed by atoms with van der Waals surface area (Å²) in [7, 11) is 0. The number of aromatic nitrogens is 5. The van der Waals surface area contributed by atoms with E-state index in [2.05, 4.69) is 50.8 Å². The van der Waals surface area contributed by atoms with Crippen molar-refractivity contribution in [3.05, 3.63) is 59.9 Å². The molecule has 0 spiro atoms. The SMILES string of the molecule is Fc1cccc(SC2=CN=C(N3CCN(c4ncnc(Nc5cnn(C[C@@H]6CNCCO6)c5)n4)CC3)NC2)c1. The summed E-state index contributed by atoms with van der Waals surface area (Å²) in [5.41, 5.74) is 0.810. The number of benzene rings is 1. The third-order valence-corrected chi connectivity index (χ3v) is 7.50. The number of ether oxygens (including phenoxy) is 1. The molecule has 3 N–H and O–H groups in total. The zero-order valence-electron chi connectivity index (χ0n) is 21.3. The van der Waals surface area contributed by atoms with Gasteiger partial charge in [0.15, 0.2) is 5.96 Å². The lowest BCUT2D eigenvalue weighted by Gasteiger charge is -2.37. The van der Waals surface area contributed by atoms with E-state index in [0.717, 1.165) is 67.3 Å². The lowest BCUT2D eigenvalue weighted by atomic mass is 10.3. The second-order valence-electron chi connectivity index (χ2n) is 9.32. The Morgan fingerprint density at radius 2 is 2.05 bits per heavy atom. The number of guanidine groups is 1. The molecule has 0 bridgehead atoms. The fourth-order valence-corrected chi connectivity index (χ4v) is 5.42. The maximum atomic E-state index is 13.5. The van der Waals surface area contributed by atoms with Crippen LogP contribution in [0.4, 0.5) is 22.0 Å². The number of piperazine rings is 1. The van der Waals surface area contributed by atoms with Crippen LogP contribution in [0.15, 0.2) is 64.0 Å². The highest BCUT2D eigenvalue weighted by Crippen LogP contribution is 2.28. The van der Waals surface area contributed by atoms with Gasteiger partial charge in [0.05, 0.1) is 37.7 Å². The van der Waals surface area contributed by atoms with Crippen LogP contribution in [0.25, 0.3) is 0 Å². The summed E-state index contributed by atoms with van der Waals surface area (Å²) in [6, 6.07) is 6.59. The Hall–Kier alpha value is -3.75. The van der Waals surface area contributed by atoms with E-state index in [0.29, 0.717) is 25.0 Å². The van der Waals surface area contributed by atoms with Crippen molar-refractivity contribution in [2.75, 3.05) is 62.6 Å². The van der Waals surface area contributed by atoms with Crippen molar-refractivity contribution in [3.8, 4) is 0 Å². The lowest BCUT2D eigenvalue weighted by molar-refractivity contribution is 0.0161. The quantitative estimate of drug-likeness (QED) is 0.398. The molecule has 0 radical (unpaired) electrons. The van der Waals surface area contributed by atoms with Gasteiger partial charge in [0.25, 0.3) is 0 Å². The lowest BCUT2D eigenvalue weighted by Crippen LogP contribution is -2.53. The van der Waals surface area contributed by atoms with Gasteiger partial charge in [0.1, 0.15) is 12.1 Å². The first-order valence-corrected chi connectivity index (χ1v) is 13.7. The van der Waals surface area contributed by atoms with Crippen LogP contribution in [0.2, 0.25) is 0 Å². The first-order valence-electron chi connectivity index (χ1n) is 12.9. The van der Waals surface area contributed by atoms with Crippen LogP contribution in [0.5, 0.6) is 0 Å². The summed E-state index contributed by atoms with van der Waals surface area (Å²) in [6.45, 7) is 6.85. The summed E-state index contributed by atoms with van der Waals surface area (Å²) in [6.07, 6.45) is 7.18. The number of thioether (sulfide) groups is 1. The number of nitrogens with one attached hydrogen (secondary N) is 3. The minimum Gasteiger partial charge on any atom is -0.374 e. The fourth-order valence-electron chi connectivity index (χ4n) is 4.55. The fraction of sp³-hybridized carbons (Fsp3) is 0.400. The largest absolute Gasteiger partial charge is 0.374 e. The molecule has 0 aliphatic carbocycles. The van der Waals surface area contributed by atoms with Crippen molar-refractivity contribution in [3.63, 3.8) is 0 Å². The van der Waals surface area contributed by atoms with Crippen molar-refractivity contribution in [1.82, 2.24) is 40.3 Å². The first-order chi connectivity index (χ1) is 19.2. The summed E-state index contributed by atoms with van der Waals surface area (Å²) in [5.74, 6) is 1.72. The molecular formula is C25H30FN11OS. The number of rotatable bonds is 7. The monoisotopic (exact) mass is 551 g/mol. The van der Waals surface area contributed by atoms with Crippen LogP contribution in [0.1, 0.15) is 0 Å². The molecule has 6 rings (SSSR count). The zero-order chi connectivity index (χ0) is 26.4. The molecule has 2 fully saturated rings. The molecule has 2 aromatic heterocycles. The highest BCUT2D eigenvalue weighted by Gasteiger charge is 2.23. The van der Waals surface area contributed by atoms with Crippen molar-refractivity contribution in [2.45, 2.75) is 17.5 Å². The molecule has 204 valence electrons. The summed E-state index contributed by atoms with van der Waals surface area (Å²) in [4.78, 5) is 24.2. The van der Waals surface area contributed by atoms with Gasteiger partial charge in [0, 0.05) is 61.5 Å². The molecule has 39 heavy (non-hydrogen) atoms. The van der Waals surface area contributed by atoms with Crippen LogP contribution in [0, 0.1) is 5.82 Å². The summed E-state index contributed by atoms with van der Waals surface area (Å²) >= 11 is 1.52. The van der Waals surface area contributed by atoms with Gasteiger partial charge in [-0.15, -0.1) is 0 Å². The predicted octanol–water partition coefficient (Wildman–Crippen LogP) is 1.65. The molecule has 0 amide bonds. The normalized spacial score (nSPS) is 19.8. The van der Waals surface area contributed by atoms with Gasteiger partial charge in [-0.05, 0) is 18.2 Å². The Morgan fingerprint density at radius 3 is 2.85 bits per heavy atom. The van der Waals surface area contributed by atoms with Crippen LogP contribution in [-0.4, -0.2) is 94.1 Å². The molecule has 5 heterocycles. The number of morpholine rings is 1. The third kappa shape index (κ3) is 6.64. The number of aliphatic imine (C=N–C) groups is 1. The van der Waals surface area contributed by atoms with Crippen LogP contribution in [-0.2, 0) is 11.3 Å². The summed E-state index contributed by atoms with van der Waals surface area (Å²) in [5, 5.41) is 14.4. The zero-order valence-corrected chi connectivity index (χ0v) is 22.1. The number of hydrogen-bond acceptors (Lipinski definition) is 12. The maximum absolute atomic E-state index is 13.5. The Kier molecular flexibility index (Phi) is 7.83. The molecular weight excluding hydrogens is 521 g/mol. The van der Waals surface area contributed by atoms with Gasteiger partial charge in [-0.25, -0.2) is 19.4 Å². The average molecular weight is 552 g/mol. The molecule has 0 unspecified atom stereocenters. The maximum Gasteiger partial charge on any atom is 0.232 e. The highest BCUT2D eigenvalue weighted by atomic mass is 32.2. The van der Waals surface area contributed by atoms with Gasteiger partial charge in [0.2, 0.25) is 11.9 Å². The molecule has 3 aromatic rings. The Labute approximate surface area is 229 Å². The Balaban J connectivity index is 1.01. The van der Waals surface area contributed by atoms with E-state index in [4.69, 9.17) is 4.74 Å². The summed E-state index contributed by atoms with van der Waals surface area (Å²) < 4.78 is 21.1. The van der Waals surface area contributed by atoms with Crippen molar-refractivity contribution in [1.29, 1.82) is 0 Å². The van der Waals surface area contributed by atoms with Crippen LogP contribution >= 0.6 is 11.8 Å². The van der Waals surface area contributed by atoms with Crippen molar-refractivity contribution < 1.29 is 9.13 Å². The van der Waals surface area contributed by atoms with Gasteiger partial charge in [-0.2, -0.15) is 10.1 Å². The van der Waals surface area contributed by atoms with E-state index in [9.17, 15) is 4.39 Å². The molecule has 14 heteroatoms. The van der Waals surface area contributed by atoms with Gasteiger partial charge in [-0.3, -0.25) is 4.68 Å². The van der Waals surface area contributed by atoms with Gasteiger partial charge < -0.3 is 30.5 Å². The molecule has 12 nitrogen and oxygen atoms in total. The van der Waals surface area contributed by atoms with E-state index < -0.39 is 0 Å². The van der Waals surface area contributed by atoms with E-state index in [1.54, 1.807) is 12.3 Å². The van der Waals surface area contributed by atoms with Gasteiger partial charge in [-0.1, -0.05) is 17.8 Å². The molecule has 1 atom stereocenters. The topological polar surface area (TPSA) is 121 Å². The number of anilines is 3. The molecule has 0 saturated carbocycles. The van der Waals surface area contributed by atoms with Gasteiger partial charge >= 0.3 is 0 Å². The Morgan fingerprint density at radius 1 is 1.15 bits per heavy atom. The second-order valence-corrected chi connectivity index (χ2v) is 10.5. The average Bonchev–Trinajstić information content (AvgIpc) is 3.41. The van der Waals surface area contributed by atoms with E-state index >= 15 is 0 Å². The molecule has 3 aliphatic rings. The number of nitrogens with zero attached hydrogens (tertiary/aromatic N) is 8. The highest BCUT2D eigenvalue weighted by molar-refractivity contribution is 8.03.